The van der Waals surface area contributed by atoms with Gasteiger partial charge in [0.05, 0.1) is 12.1 Å². The third kappa shape index (κ3) is 3.60. The summed E-state index contributed by atoms with van der Waals surface area (Å²) in [6, 6.07) is 8.05. The van der Waals surface area contributed by atoms with Crippen LogP contribution < -0.4 is 5.32 Å². The number of halogens is 1. The smallest absolute Gasteiger partial charge is 0.134 e. The number of furan rings is 1. The van der Waals surface area contributed by atoms with E-state index in [2.05, 4.69) is 11.4 Å². The van der Waals surface area contributed by atoms with Gasteiger partial charge in [0.15, 0.2) is 0 Å². The van der Waals surface area contributed by atoms with Crippen molar-refractivity contribution < 1.29 is 9.15 Å². The van der Waals surface area contributed by atoms with E-state index in [-0.39, 0.29) is 6.04 Å². The van der Waals surface area contributed by atoms with Crippen molar-refractivity contribution in [3.63, 3.8) is 0 Å². The van der Waals surface area contributed by atoms with Crippen LogP contribution >= 0.6 is 11.6 Å². The third-order valence-electron chi connectivity index (χ3n) is 4.24. The molecular formula is C17H22ClNO2. The van der Waals surface area contributed by atoms with Crippen molar-refractivity contribution in [3.8, 4) is 0 Å². The highest BCUT2D eigenvalue weighted by atomic mass is 35.5. The molecule has 0 aliphatic carbocycles. The minimum Gasteiger partial charge on any atom is -0.459 e. The van der Waals surface area contributed by atoms with Crippen LogP contribution in [0.4, 0.5) is 0 Å². The number of benzene rings is 1. The Balaban J connectivity index is 1.68. The fourth-order valence-corrected chi connectivity index (χ4v) is 3.20. The van der Waals surface area contributed by atoms with E-state index >= 15 is 0 Å². The summed E-state index contributed by atoms with van der Waals surface area (Å²) >= 11 is 6.03. The van der Waals surface area contributed by atoms with Crippen molar-refractivity contribution in [2.24, 2.45) is 0 Å². The quantitative estimate of drug-likeness (QED) is 0.869. The maximum Gasteiger partial charge on any atom is 0.134 e. The van der Waals surface area contributed by atoms with E-state index in [1.54, 1.807) is 0 Å². The first-order chi connectivity index (χ1) is 10.3. The summed E-state index contributed by atoms with van der Waals surface area (Å²) in [5.41, 5.74) is 0.892. The van der Waals surface area contributed by atoms with Gasteiger partial charge in [-0.1, -0.05) is 11.6 Å². The number of rotatable bonds is 5. The Morgan fingerprint density at radius 2 is 2.24 bits per heavy atom. The van der Waals surface area contributed by atoms with Gasteiger partial charge in [0.2, 0.25) is 0 Å². The zero-order chi connectivity index (χ0) is 14.7. The number of hydrogen-bond acceptors (Lipinski definition) is 3. The van der Waals surface area contributed by atoms with Crippen LogP contribution in [0, 0.1) is 0 Å². The maximum absolute atomic E-state index is 6.03. The highest BCUT2D eigenvalue weighted by molar-refractivity contribution is 6.31. The lowest BCUT2D eigenvalue weighted by Crippen LogP contribution is -2.22. The van der Waals surface area contributed by atoms with Gasteiger partial charge in [0, 0.05) is 17.0 Å². The minimum atomic E-state index is 0.224. The number of hydrogen-bond donors (Lipinski definition) is 1. The number of nitrogens with one attached hydrogen (secondary N) is 1. The molecule has 4 heteroatoms. The lowest BCUT2D eigenvalue weighted by Gasteiger charge is -2.24. The third-order valence-corrected chi connectivity index (χ3v) is 4.48. The second kappa shape index (κ2) is 6.82. The first-order valence-electron chi connectivity index (χ1n) is 7.74. The molecule has 114 valence electrons. The van der Waals surface area contributed by atoms with Crippen LogP contribution in [0.15, 0.2) is 28.7 Å². The second-order valence-electron chi connectivity index (χ2n) is 5.74. The van der Waals surface area contributed by atoms with E-state index in [1.807, 2.05) is 25.2 Å². The molecule has 2 aromatic rings. The lowest BCUT2D eigenvalue weighted by molar-refractivity contribution is 0.00836. The molecule has 0 bridgehead atoms. The van der Waals surface area contributed by atoms with Crippen LogP contribution in [-0.4, -0.2) is 19.8 Å². The van der Waals surface area contributed by atoms with Gasteiger partial charge in [-0.3, -0.25) is 0 Å². The Morgan fingerprint density at radius 3 is 3.00 bits per heavy atom. The van der Waals surface area contributed by atoms with Gasteiger partial charge in [0.25, 0.3) is 0 Å². The van der Waals surface area contributed by atoms with Crippen LogP contribution in [0.1, 0.15) is 43.9 Å². The standard InChI is InChI=1S/C17H22ClNO2/c1-19-15(7-6-14-4-2-3-9-20-14)17-11-12-10-13(18)5-8-16(12)21-17/h5,8,10-11,14-15,19H,2-4,6-7,9H2,1H3. The molecule has 3 nitrogen and oxygen atoms in total. The molecule has 2 atom stereocenters. The monoisotopic (exact) mass is 307 g/mol. The van der Waals surface area contributed by atoms with Crippen LogP contribution in [0.5, 0.6) is 0 Å². The topological polar surface area (TPSA) is 34.4 Å². The molecule has 3 rings (SSSR count). The summed E-state index contributed by atoms with van der Waals surface area (Å²) in [5.74, 6) is 0.977. The average molecular weight is 308 g/mol. The van der Waals surface area contributed by atoms with E-state index in [0.29, 0.717) is 6.10 Å². The Kier molecular flexibility index (Phi) is 4.84. The molecule has 1 aromatic carbocycles. The fraction of sp³-hybridized carbons (Fsp3) is 0.529. The van der Waals surface area contributed by atoms with E-state index in [1.165, 1.54) is 19.3 Å². The van der Waals surface area contributed by atoms with Crippen LogP contribution in [0.3, 0.4) is 0 Å². The predicted octanol–water partition coefficient (Wildman–Crippen LogP) is 4.70. The molecule has 0 radical (unpaired) electrons. The fourth-order valence-electron chi connectivity index (χ4n) is 3.02. The summed E-state index contributed by atoms with van der Waals surface area (Å²) in [5, 5.41) is 5.16. The molecule has 1 aliphatic rings. The van der Waals surface area contributed by atoms with E-state index < -0.39 is 0 Å². The van der Waals surface area contributed by atoms with Crippen molar-refractivity contribution in [1.29, 1.82) is 0 Å². The highest BCUT2D eigenvalue weighted by Crippen LogP contribution is 2.29. The Bertz CT molecular complexity index is 589. The van der Waals surface area contributed by atoms with Gasteiger partial charge in [-0.15, -0.1) is 0 Å². The van der Waals surface area contributed by atoms with E-state index in [9.17, 15) is 0 Å². The van der Waals surface area contributed by atoms with Crippen LogP contribution in [0.2, 0.25) is 5.02 Å². The molecule has 21 heavy (non-hydrogen) atoms. The van der Waals surface area contributed by atoms with Crippen molar-refractivity contribution >= 4 is 22.6 Å². The van der Waals surface area contributed by atoms with Crippen molar-refractivity contribution in [2.45, 2.75) is 44.2 Å². The molecule has 2 unspecified atom stereocenters. The van der Waals surface area contributed by atoms with Gasteiger partial charge >= 0.3 is 0 Å². The summed E-state index contributed by atoms with van der Waals surface area (Å²) in [4.78, 5) is 0. The van der Waals surface area contributed by atoms with Crippen molar-refractivity contribution in [1.82, 2.24) is 5.32 Å². The molecule has 0 amide bonds. The van der Waals surface area contributed by atoms with E-state index in [4.69, 9.17) is 20.8 Å². The Morgan fingerprint density at radius 1 is 1.33 bits per heavy atom. The molecule has 1 aliphatic heterocycles. The highest BCUT2D eigenvalue weighted by Gasteiger charge is 2.19. The normalized spacial score (nSPS) is 20.8. The van der Waals surface area contributed by atoms with Gasteiger partial charge in [-0.05, 0) is 63.4 Å². The zero-order valence-corrected chi connectivity index (χ0v) is 13.2. The molecule has 1 saturated heterocycles. The number of ether oxygens (including phenoxy) is 1. The van der Waals surface area contributed by atoms with Gasteiger partial charge in [-0.2, -0.15) is 0 Å². The second-order valence-corrected chi connectivity index (χ2v) is 6.17. The average Bonchev–Trinajstić information content (AvgIpc) is 2.92. The summed E-state index contributed by atoms with van der Waals surface area (Å²) in [6.45, 7) is 0.915. The minimum absolute atomic E-state index is 0.224. The summed E-state index contributed by atoms with van der Waals surface area (Å²) in [6.07, 6.45) is 6.19. The predicted molar refractivity (Wildman–Crippen MR) is 85.8 cm³/mol. The zero-order valence-electron chi connectivity index (χ0n) is 12.4. The maximum atomic E-state index is 6.03. The van der Waals surface area contributed by atoms with Crippen molar-refractivity contribution in [2.75, 3.05) is 13.7 Å². The molecule has 1 aromatic heterocycles. The number of fused-ring (bicyclic) bond motifs is 1. The molecule has 1 N–H and O–H groups in total. The van der Waals surface area contributed by atoms with Crippen LogP contribution in [0.25, 0.3) is 11.0 Å². The SMILES string of the molecule is CNC(CCC1CCCCO1)c1cc2cc(Cl)ccc2o1. The van der Waals surface area contributed by atoms with Gasteiger partial charge < -0.3 is 14.5 Å². The first kappa shape index (κ1) is 14.9. The molecule has 0 saturated carbocycles. The molecule has 1 fully saturated rings. The van der Waals surface area contributed by atoms with E-state index in [0.717, 1.165) is 41.2 Å². The van der Waals surface area contributed by atoms with Gasteiger partial charge in [-0.25, -0.2) is 0 Å². The largest absolute Gasteiger partial charge is 0.459 e. The lowest BCUT2D eigenvalue weighted by atomic mass is 10.0. The van der Waals surface area contributed by atoms with Crippen LogP contribution in [-0.2, 0) is 4.74 Å². The molecular weight excluding hydrogens is 286 g/mol. The Hall–Kier alpha value is -1.03. The first-order valence-corrected chi connectivity index (χ1v) is 8.12. The molecule has 0 spiro atoms. The Labute approximate surface area is 130 Å². The van der Waals surface area contributed by atoms with Gasteiger partial charge in [0.1, 0.15) is 11.3 Å². The van der Waals surface area contributed by atoms with Crippen molar-refractivity contribution in [3.05, 3.63) is 35.0 Å². The molecule has 2 heterocycles. The summed E-state index contributed by atoms with van der Waals surface area (Å²) < 4.78 is 11.8. The summed E-state index contributed by atoms with van der Waals surface area (Å²) in [7, 11) is 1.98.